The molecule has 0 saturated carbocycles. The van der Waals surface area contributed by atoms with Gasteiger partial charge in [-0.05, 0) is 36.2 Å². The van der Waals surface area contributed by atoms with E-state index in [0.717, 1.165) is 0 Å². The van der Waals surface area contributed by atoms with E-state index in [4.69, 9.17) is 16.3 Å². The van der Waals surface area contributed by atoms with Crippen LogP contribution in [-0.2, 0) is 10.0 Å². The van der Waals surface area contributed by atoms with Crippen molar-refractivity contribution in [1.82, 2.24) is 4.72 Å². The second-order valence-corrected chi connectivity index (χ2v) is 7.14. The van der Waals surface area contributed by atoms with Gasteiger partial charge in [0.25, 0.3) is 0 Å². The van der Waals surface area contributed by atoms with Crippen LogP contribution >= 0.6 is 11.6 Å². The second kappa shape index (κ2) is 7.79. The minimum absolute atomic E-state index is 0.104. The number of benzene rings is 2. The Labute approximate surface area is 140 Å². The van der Waals surface area contributed by atoms with E-state index in [1.807, 2.05) is 0 Å². The Hall–Kier alpha value is -1.60. The fraction of sp³-hybridized carbons (Fsp3) is 0.250. The van der Waals surface area contributed by atoms with Crippen molar-refractivity contribution in [3.05, 3.63) is 59.1 Å². The van der Waals surface area contributed by atoms with Gasteiger partial charge in [0.1, 0.15) is 5.75 Å². The highest BCUT2D eigenvalue weighted by Crippen LogP contribution is 2.21. The molecular formula is C16H18ClNO4S. The van der Waals surface area contributed by atoms with Crippen LogP contribution < -0.4 is 9.46 Å². The summed E-state index contributed by atoms with van der Waals surface area (Å²) in [5, 5.41) is 10.6. The number of halogens is 1. The zero-order chi connectivity index (χ0) is 16.9. The van der Waals surface area contributed by atoms with Crippen molar-refractivity contribution in [3.8, 4) is 5.75 Å². The van der Waals surface area contributed by atoms with Crippen LogP contribution in [0.25, 0.3) is 0 Å². The number of methoxy groups -OCH3 is 1. The zero-order valence-corrected chi connectivity index (χ0v) is 14.1. The van der Waals surface area contributed by atoms with E-state index in [2.05, 4.69) is 4.72 Å². The molecule has 2 aromatic carbocycles. The molecular weight excluding hydrogens is 338 g/mol. The van der Waals surface area contributed by atoms with Crippen molar-refractivity contribution in [1.29, 1.82) is 0 Å². The molecule has 2 rings (SSSR count). The number of hydrogen-bond donors (Lipinski definition) is 2. The smallest absolute Gasteiger partial charge is 0.240 e. The number of aliphatic hydroxyl groups excluding tert-OH is 1. The van der Waals surface area contributed by atoms with Crippen LogP contribution in [0.5, 0.6) is 5.75 Å². The van der Waals surface area contributed by atoms with Gasteiger partial charge in [0.15, 0.2) is 0 Å². The number of hydrogen-bond acceptors (Lipinski definition) is 4. The van der Waals surface area contributed by atoms with Crippen molar-refractivity contribution in [2.24, 2.45) is 0 Å². The summed E-state index contributed by atoms with van der Waals surface area (Å²) in [4.78, 5) is 0.120. The van der Waals surface area contributed by atoms with E-state index >= 15 is 0 Å². The summed E-state index contributed by atoms with van der Waals surface area (Å²) in [5.74, 6) is 0.465. The van der Waals surface area contributed by atoms with E-state index < -0.39 is 16.1 Å². The SMILES string of the molecule is COc1cccc(S(=O)(=O)NCCC(O)c2cccc(Cl)c2)c1. The monoisotopic (exact) mass is 355 g/mol. The lowest BCUT2D eigenvalue weighted by molar-refractivity contribution is 0.169. The Balaban J connectivity index is 1.97. The molecule has 0 aliphatic rings. The number of nitrogens with one attached hydrogen (secondary N) is 1. The molecule has 23 heavy (non-hydrogen) atoms. The number of aliphatic hydroxyl groups is 1. The molecule has 0 aliphatic carbocycles. The summed E-state index contributed by atoms with van der Waals surface area (Å²) in [6.45, 7) is 0.104. The van der Waals surface area contributed by atoms with Crippen LogP contribution in [0.2, 0.25) is 5.02 Å². The van der Waals surface area contributed by atoms with Gasteiger partial charge >= 0.3 is 0 Å². The van der Waals surface area contributed by atoms with E-state index in [9.17, 15) is 13.5 Å². The second-order valence-electron chi connectivity index (χ2n) is 4.94. The van der Waals surface area contributed by atoms with Gasteiger partial charge in [0.05, 0.1) is 18.1 Å². The lowest BCUT2D eigenvalue weighted by Gasteiger charge is -2.12. The molecule has 2 N–H and O–H groups in total. The lowest BCUT2D eigenvalue weighted by atomic mass is 10.1. The third-order valence-electron chi connectivity index (χ3n) is 3.29. The van der Waals surface area contributed by atoms with Crippen molar-refractivity contribution in [2.75, 3.05) is 13.7 Å². The first kappa shape index (κ1) is 17.7. The molecule has 0 aliphatic heterocycles. The maximum atomic E-state index is 12.2. The van der Waals surface area contributed by atoms with Gasteiger partial charge in [-0.15, -0.1) is 0 Å². The van der Waals surface area contributed by atoms with Crippen molar-refractivity contribution in [3.63, 3.8) is 0 Å². The average Bonchev–Trinajstić information content (AvgIpc) is 2.54. The zero-order valence-electron chi connectivity index (χ0n) is 12.6. The maximum Gasteiger partial charge on any atom is 0.240 e. The number of sulfonamides is 1. The fourth-order valence-corrected chi connectivity index (χ4v) is 3.34. The fourth-order valence-electron chi connectivity index (χ4n) is 2.06. The third kappa shape index (κ3) is 4.94. The van der Waals surface area contributed by atoms with Crippen molar-refractivity contribution >= 4 is 21.6 Å². The Morgan fingerprint density at radius 1 is 1.22 bits per heavy atom. The molecule has 0 amide bonds. The predicted octanol–water partition coefficient (Wildman–Crippen LogP) is 2.75. The first-order chi connectivity index (χ1) is 10.9. The molecule has 2 aromatic rings. The Kier molecular flexibility index (Phi) is 6.01. The molecule has 0 saturated heterocycles. The minimum Gasteiger partial charge on any atom is -0.497 e. The van der Waals surface area contributed by atoms with Gasteiger partial charge in [-0.1, -0.05) is 29.8 Å². The highest BCUT2D eigenvalue weighted by Gasteiger charge is 2.15. The molecule has 0 heterocycles. The van der Waals surface area contributed by atoms with Gasteiger partial charge in [-0.25, -0.2) is 13.1 Å². The summed E-state index contributed by atoms with van der Waals surface area (Å²) in [6.07, 6.45) is -0.550. The van der Waals surface area contributed by atoms with Crippen molar-refractivity contribution < 1.29 is 18.3 Å². The molecule has 0 fully saturated rings. The Morgan fingerprint density at radius 3 is 2.65 bits per heavy atom. The number of ether oxygens (including phenoxy) is 1. The summed E-state index contributed by atoms with van der Waals surface area (Å²) in [5.41, 5.74) is 0.651. The van der Waals surface area contributed by atoms with Crippen LogP contribution in [0.4, 0.5) is 0 Å². The minimum atomic E-state index is -3.65. The summed E-state index contributed by atoms with van der Waals surface area (Å²) < 4.78 is 31.9. The largest absolute Gasteiger partial charge is 0.497 e. The molecule has 7 heteroatoms. The van der Waals surface area contributed by atoms with Crippen LogP contribution in [0.1, 0.15) is 18.1 Å². The quantitative estimate of drug-likeness (QED) is 0.800. The predicted molar refractivity (Wildman–Crippen MR) is 89.2 cm³/mol. The van der Waals surface area contributed by atoms with Crippen LogP contribution in [-0.4, -0.2) is 27.2 Å². The molecule has 124 valence electrons. The van der Waals surface area contributed by atoms with Crippen LogP contribution in [0, 0.1) is 0 Å². The highest BCUT2D eigenvalue weighted by atomic mass is 35.5. The first-order valence-electron chi connectivity index (χ1n) is 6.99. The topological polar surface area (TPSA) is 75.6 Å². The van der Waals surface area contributed by atoms with Gasteiger partial charge in [0, 0.05) is 17.6 Å². The van der Waals surface area contributed by atoms with Gasteiger partial charge < -0.3 is 9.84 Å². The van der Waals surface area contributed by atoms with Gasteiger partial charge in [0.2, 0.25) is 10.0 Å². The summed E-state index contributed by atoms with van der Waals surface area (Å²) in [6, 6.07) is 13.0. The van der Waals surface area contributed by atoms with E-state index in [1.54, 1.807) is 36.4 Å². The molecule has 5 nitrogen and oxygen atoms in total. The standard InChI is InChI=1S/C16H18ClNO4S/c1-22-14-6-3-7-15(11-14)23(20,21)18-9-8-16(19)12-4-2-5-13(17)10-12/h2-7,10-11,16,18-19H,8-9H2,1H3. The molecule has 0 spiro atoms. The van der Waals surface area contributed by atoms with E-state index in [0.29, 0.717) is 16.3 Å². The normalized spacial score (nSPS) is 12.8. The molecule has 0 radical (unpaired) electrons. The average molecular weight is 356 g/mol. The highest BCUT2D eigenvalue weighted by molar-refractivity contribution is 7.89. The Morgan fingerprint density at radius 2 is 1.96 bits per heavy atom. The van der Waals surface area contributed by atoms with Gasteiger partial charge in [-0.3, -0.25) is 0 Å². The van der Waals surface area contributed by atoms with Crippen LogP contribution in [0.15, 0.2) is 53.4 Å². The lowest BCUT2D eigenvalue weighted by Crippen LogP contribution is -2.26. The Bertz CT molecular complexity index is 764. The van der Waals surface area contributed by atoms with E-state index in [-0.39, 0.29) is 17.9 Å². The summed E-state index contributed by atoms with van der Waals surface area (Å²) in [7, 11) is -2.17. The molecule has 1 atom stereocenters. The third-order valence-corrected chi connectivity index (χ3v) is 4.99. The molecule has 0 bridgehead atoms. The van der Waals surface area contributed by atoms with E-state index in [1.165, 1.54) is 19.2 Å². The molecule has 0 aromatic heterocycles. The molecule has 1 unspecified atom stereocenters. The van der Waals surface area contributed by atoms with Gasteiger partial charge in [-0.2, -0.15) is 0 Å². The number of rotatable bonds is 7. The summed E-state index contributed by atoms with van der Waals surface area (Å²) >= 11 is 5.87. The maximum absolute atomic E-state index is 12.2. The first-order valence-corrected chi connectivity index (χ1v) is 8.86. The van der Waals surface area contributed by atoms with Crippen molar-refractivity contribution in [2.45, 2.75) is 17.4 Å². The van der Waals surface area contributed by atoms with Crippen LogP contribution in [0.3, 0.4) is 0 Å².